The van der Waals surface area contributed by atoms with Crippen LogP contribution in [0.4, 0.5) is 5.69 Å². The number of hydrogen-bond acceptors (Lipinski definition) is 5. The van der Waals surface area contributed by atoms with Crippen LogP contribution in [-0.4, -0.2) is 50.9 Å². The summed E-state index contributed by atoms with van der Waals surface area (Å²) >= 11 is 6.04. The molecule has 42 heavy (non-hydrogen) atoms. The molecule has 3 aromatic rings. The van der Waals surface area contributed by atoms with Crippen LogP contribution in [0, 0.1) is 6.92 Å². The number of anilines is 1. The van der Waals surface area contributed by atoms with Gasteiger partial charge in [0.25, 0.3) is 10.0 Å². The number of unbranched alkanes of at least 4 members (excludes halogenated alkanes) is 1. The van der Waals surface area contributed by atoms with Crippen LogP contribution in [0.25, 0.3) is 0 Å². The van der Waals surface area contributed by atoms with Crippen LogP contribution in [0.1, 0.15) is 51.2 Å². The molecule has 3 rings (SSSR count). The lowest BCUT2D eigenvalue weighted by Gasteiger charge is -2.34. The van der Waals surface area contributed by atoms with E-state index in [9.17, 15) is 18.0 Å². The van der Waals surface area contributed by atoms with Gasteiger partial charge in [0.1, 0.15) is 18.3 Å². The molecule has 0 aromatic heterocycles. The second-order valence-electron chi connectivity index (χ2n) is 9.88. The molecule has 0 radical (unpaired) electrons. The van der Waals surface area contributed by atoms with Gasteiger partial charge in [-0.25, -0.2) is 8.42 Å². The molecule has 0 saturated heterocycles. The average Bonchev–Trinajstić information content (AvgIpc) is 2.97. The molecule has 3 aromatic carbocycles. The zero-order valence-corrected chi connectivity index (χ0v) is 26.2. The normalized spacial score (nSPS) is 11.9. The Kier molecular flexibility index (Phi) is 12.2. The van der Waals surface area contributed by atoms with E-state index >= 15 is 0 Å². The summed E-state index contributed by atoms with van der Waals surface area (Å²) in [5, 5.41) is 3.33. The fourth-order valence-corrected chi connectivity index (χ4v) is 6.14. The topological polar surface area (TPSA) is 96.0 Å². The summed E-state index contributed by atoms with van der Waals surface area (Å²) in [5.74, 6) is -0.463. The molecular weight excluding hydrogens is 574 g/mol. The molecule has 0 saturated carbocycles. The highest BCUT2D eigenvalue weighted by molar-refractivity contribution is 7.92. The van der Waals surface area contributed by atoms with Crippen molar-refractivity contribution >= 4 is 39.1 Å². The van der Waals surface area contributed by atoms with E-state index in [-0.39, 0.29) is 23.0 Å². The van der Waals surface area contributed by atoms with E-state index in [1.54, 1.807) is 31.2 Å². The SMILES string of the molecule is CCCCNC(=O)[C@@H](CC)N(Cc1ccccc1C)C(=O)CN(c1ccccc1OCC)S(=O)(=O)c1ccc(Cl)cc1. The van der Waals surface area contributed by atoms with Crippen molar-refractivity contribution in [3.63, 3.8) is 0 Å². The summed E-state index contributed by atoms with van der Waals surface area (Å²) in [4.78, 5) is 29.1. The number of amides is 2. The maximum absolute atomic E-state index is 14.3. The quantitative estimate of drug-likeness (QED) is 0.213. The van der Waals surface area contributed by atoms with E-state index in [2.05, 4.69) is 5.32 Å². The van der Waals surface area contributed by atoms with Gasteiger partial charge in [0.2, 0.25) is 11.8 Å². The molecule has 0 unspecified atom stereocenters. The lowest BCUT2D eigenvalue weighted by molar-refractivity contribution is -0.140. The van der Waals surface area contributed by atoms with E-state index in [1.807, 2.05) is 45.0 Å². The van der Waals surface area contributed by atoms with Gasteiger partial charge in [0, 0.05) is 18.1 Å². The second kappa shape index (κ2) is 15.6. The Labute approximate surface area is 254 Å². The molecule has 0 aliphatic rings. The van der Waals surface area contributed by atoms with Crippen LogP contribution < -0.4 is 14.4 Å². The first-order valence-electron chi connectivity index (χ1n) is 14.3. The van der Waals surface area contributed by atoms with Crippen molar-refractivity contribution in [3.05, 3.63) is 88.9 Å². The third-order valence-electron chi connectivity index (χ3n) is 6.93. The molecule has 10 heteroatoms. The summed E-state index contributed by atoms with van der Waals surface area (Å²) in [7, 11) is -4.24. The van der Waals surface area contributed by atoms with Gasteiger partial charge in [0.05, 0.1) is 17.2 Å². The minimum absolute atomic E-state index is 0.0270. The van der Waals surface area contributed by atoms with E-state index in [1.165, 1.54) is 29.2 Å². The minimum Gasteiger partial charge on any atom is -0.492 e. The van der Waals surface area contributed by atoms with E-state index in [0.717, 1.165) is 28.3 Å². The van der Waals surface area contributed by atoms with Gasteiger partial charge in [-0.2, -0.15) is 0 Å². The number of benzene rings is 3. The maximum atomic E-state index is 14.3. The lowest BCUT2D eigenvalue weighted by atomic mass is 10.1. The van der Waals surface area contributed by atoms with Crippen LogP contribution in [0.2, 0.25) is 5.02 Å². The Balaban J connectivity index is 2.10. The van der Waals surface area contributed by atoms with Crippen LogP contribution in [0.5, 0.6) is 5.75 Å². The number of aryl methyl sites for hydroxylation is 1. The van der Waals surface area contributed by atoms with Crippen molar-refractivity contribution < 1.29 is 22.7 Å². The highest BCUT2D eigenvalue weighted by Gasteiger charge is 2.34. The number of halogens is 1. The summed E-state index contributed by atoms with van der Waals surface area (Å²) in [6.45, 7) is 8.02. The standard InChI is InChI=1S/C32H40ClN3O5S/c1-5-8-21-34-32(38)28(6-2)35(22-25-14-10-9-13-24(25)4)31(37)23-36(29-15-11-12-16-30(29)41-7-3)42(39,40)27-19-17-26(33)18-20-27/h9-20,28H,5-8,21-23H2,1-4H3,(H,34,38)/t28-/m1/s1. The maximum Gasteiger partial charge on any atom is 0.264 e. The number of ether oxygens (including phenoxy) is 1. The van der Waals surface area contributed by atoms with E-state index < -0.39 is 28.5 Å². The summed E-state index contributed by atoms with van der Waals surface area (Å²) in [6, 6.07) is 19.3. The van der Waals surface area contributed by atoms with Crippen molar-refractivity contribution in [2.24, 2.45) is 0 Å². The zero-order valence-electron chi connectivity index (χ0n) is 24.7. The Morgan fingerprint density at radius 2 is 1.62 bits per heavy atom. The molecule has 1 atom stereocenters. The first-order valence-corrected chi connectivity index (χ1v) is 16.1. The molecule has 0 bridgehead atoms. The highest BCUT2D eigenvalue weighted by atomic mass is 35.5. The largest absolute Gasteiger partial charge is 0.492 e. The second-order valence-corrected chi connectivity index (χ2v) is 12.2. The van der Waals surface area contributed by atoms with Crippen molar-refractivity contribution in [1.29, 1.82) is 0 Å². The van der Waals surface area contributed by atoms with Gasteiger partial charge >= 0.3 is 0 Å². The first kappa shape index (κ1) is 32.9. The molecular formula is C32H40ClN3O5S. The predicted molar refractivity (Wildman–Crippen MR) is 167 cm³/mol. The minimum atomic E-state index is -4.24. The van der Waals surface area contributed by atoms with E-state index in [0.29, 0.717) is 30.3 Å². The first-order chi connectivity index (χ1) is 20.1. The number of rotatable bonds is 15. The Bertz CT molecular complexity index is 1450. The monoisotopic (exact) mass is 613 g/mol. The Morgan fingerprint density at radius 3 is 2.26 bits per heavy atom. The van der Waals surface area contributed by atoms with E-state index in [4.69, 9.17) is 16.3 Å². The number of nitrogens with zero attached hydrogens (tertiary/aromatic N) is 2. The van der Waals surface area contributed by atoms with Gasteiger partial charge in [-0.3, -0.25) is 13.9 Å². The summed E-state index contributed by atoms with van der Waals surface area (Å²) in [5.41, 5.74) is 2.05. The third-order valence-corrected chi connectivity index (χ3v) is 8.96. The number of carbonyl (C=O) groups is 2. The Morgan fingerprint density at radius 1 is 0.952 bits per heavy atom. The van der Waals surface area contributed by atoms with Crippen molar-refractivity contribution in [2.75, 3.05) is 24.0 Å². The molecule has 0 spiro atoms. The predicted octanol–water partition coefficient (Wildman–Crippen LogP) is 5.97. The van der Waals surface area contributed by atoms with Crippen LogP contribution in [0.15, 0.2) is 77.7 Å². The van der Waals surface area contributed by atoms with Crippen molar-refractivity contribution in [3.8, 4) is 5.75 Å². The zero-order chi connectivity index (χ0) is 30.7. The highest BCUT2D eigenvalue weighted by Crippen LogP contribution is 2.33. The Hall–Kier alpha value is -3.56. The van der Waals surface area contributed by atoms with Crippen molar-refractivity contribution in [1.82, 2.24) is 10.2 Å². The fraction of sp³-hybridized carbons (Fsp3) is 0.375. The molecule has 0 aliphatic carbocycles. The van der Waals surface area contributed by atoms with Gasteiger partial charge in [-0.15, -0.1) is 0 Å². The third kappa shape index (κ3) is 8.26. The number of para-hydroxylation sites is 2. The van der Waals surface area contributed by atoms with Gasteiger partial charge in [0.15, 0.2) is 0 Å². The number of sulfonamides is 1. The smallest absolute Gasteiger partial charge is 0.264 e. The fourth-order valence-electron chi connectivity index (χ4n) is 4.58. The molecule has 8 nitrogen and oxygen atoms in total. The lowest BCUT2D eigenvalue weighted by Crippen LogP contribution is -2.52. The summed E-state index contributed by atoms with van der Waals surface area (Å²) < 4.78 is 35.0. The molecule has 2 amide bonds. The van der Waals surface area contributed by atoms with Gasteiger partial charge < -0.3 is 15.0 Å². The molecule has 0 heterocycles. The van der Waals surface area contributed by atoms with Gasteiger partial charge in [-0.05, 0) is 74.2 Å². The van der Waals surface area contributed by atoms with Crippen LogP contribution >= 0.6 is 11.6 Å². The van der Waals surface area contributed by atoms with Crippen LogP contribution in [0.3, 0.4) is 0 Å². The molecule has 226 valence electrons. The van der Waals surface area contributed by atoms with Gasteiger partial charge in [-0.1, -0.05) is 68.3 Å². The number of carbonyl (C=O) groups excluding carboxylic acids is 2. The molecule has 0 aliphatic heterocycles. The molecule has 0 fully saturated rings. The van der Waals surface area contributed by atoms with Crippen LogP contribution in [-0.2, 0) is 26.2 Å². The average molecular weight is 614 g/mol. The number of hydrogen-bond donors (Lipinski definition) is 1. The number of nitrogens with one attached hydrogen (secondary N) is 1. The molecule has 1 N–H and O–H groups in total. The van der Waals surface area contributed by atoms with Crippen molar-refractivity contribution in [2.45, 2.75) is 64.4 Å². The summed E-state index contributed by atoms with van der Waals surface area (Å²) in [6.07, 6.45) is 2.09.